The molecule has 0 radical (unpaired) electrons. The van der Waals surface area contributed by atoms with Crippen LogP contribution in [-0.2, 0) is 6.42 Å². The third-order valence-corrected chi connectivity index (χ3v) is 2.02. The lowest BCUT2D eigenvalue weighted by atomic mass is 10.1. The highest BCUT2D eigenvalue weighted by Gasteiger charge is 1.98. The standard InChI is InChI=1S/C11H9N3.ClH/c12-6-10-3-1-2-9(4-10)5-11-7-13-14-8-11;/h1-4,7-8H,5H2,(H,13,14);1H. The fraction of sp³-hybridized carbons (Fsp3) is 0.0909. The second-order valence-electron chi connectivity index (χ2n) is 3.10. The van der Waals surface area contributed by atoms with Crippen molar-refractivity contribution in [2.75, 3.05) is 0 Å². The maximum atomic E-state index is 8.72. The molecule has 1 N–H and O–H groups in total. The molecule has 0 bridgehead atoms. The number of rotatable bonds is 2. The molecule has 0 fully saturated rings. The lowest BCUT2D eigenvalue weighted by Gasteiger charge is -1.98. The number of aromatic amines is 1. The zero-order valence-corrected chi connectivity index (χ0v) is 8.79. The normalized spacial score (nSPS) is 9.00. The Bertz CT molecular complexity index is 457. The molecule has 0 saturated carbocycles. The molecule has 15 heavy (non-hydrogen) atoms. The van der Waals surface area contributed by atoms with E-state index >= 15 is 0 Å². The molecule has 0 aliphatic rings. The summed E-state index contributed by atoms with van der Waals surface area (Å²) in [6.45, 7) is 0. The Labute approximate surface area is 94.2 Å². The summed E-state index contributed by atoms with van der Waals surface area (Å²) in [5, 5.41) is 15.4. The van der Waals surface area contributed by atoms with Crippen molar-refractivity contribution in [2.45, 2.75) is 6.42 Å². The largest absolute Gasteiger partial charge is 0.285 e. The van der Waals surface area contributed by atoms with Crippen molar-refractivity contribution in [3.63, 3.8) is 0 Å². The van der Waals surface area contributed by atoms with E-state index in [9.17, 15) is 0 Å². The fourth-order valence-corrected chi connectivity index (χ4v) is 1.36. The van der Waals surface area contributed by atoms with Crippen LogP contribution in [0.15, 0.2) is 36.7 Å². The fourth-order valence-electron chi connectivity index (χ4n) is 1.36. The van der Waals surface area contributed by atoms with Crippen molar-refractivity contribution in [3.8, 4) is 6.07 Å². The van der Waals surface area contributed by atoms with Gasteiger partial charge < -0.3 is 0 Å². The average Bonchev–Trinajstić information content (AvgIpc) is 2.71. The number of benzene rings is 1. The molecule has 76 valence electrons. The van der Waals surface area contributed by atoms with Gasteiger partial charge in [0.25, 0.3) is 0 Å². The van der Waals surface area contributed by atoms with Crippen LogP contribution in [0.25, 0.3) is 0 Å². The predicted molar refractivity (Wildman–Crippen MR) is 59.8 cm³/mol. The Balaban J connectivity index is 0.00000112. The van der Waals surface area contributed by atoms with Crippen LogP contribution in [0.2, 0.25) is 0 Å². The van der Waals surface area contributed by atoms with E-state index in [2.05, 4.69) is 16.3 Å². The number of nitrogens with one attached hydrogen (secondary N) is 1. The van der Waals surface area contributed by atoms with Crippen LogP contribution in [0.3, 0.4) is 0 Å². The van der Waals surface area contributed by atoms with Crippen molar-refractivity contribution >= 4 is 12.4 Å². The zero-order valence-electron chi connectivity index (χ0n) is 7.97. The molecule has 0 aliphatic heterocycles. The molecule has 3 nitrogen and oxygen atoms in total. The van der Waals surface area contributed by atoms with Crippen LogP contribution in [0.4, 0.5) is 0 Å². The summed E-state index contributed by atoms with van der Waals surface area (Å²) in [5.74, 6) is 0. The van der Waals surface area contributed by atoms with E-state index in [-0.39, 0.29) is 12.4 Å². The van der Waals surface area contributed by atoms with Crippen molar-refractivity contribution in [2.24, 2.45) is 0 Å². The lowest BCUT2D eigenvalue weighted by molar-refractivity contribution is 1.09. The Morgan fingerprint density at radius 2 is 2.20 bits per heavy atom. The molecule has 0 saturated heterocycles. The van der Waals surface area contributed by atoms with Crippen molar-refractivity contribution < 1.29 is 0 Å². The van der Waals surface area contributed by atoms with Gasteiger partial charge in [-0.15, -0.1) is 12.4 Å². The highest BCUT2D eigenvalue weighted by atomic mass is 35.5. The molecule has 0 aliphatic carbocycles. The molecular formula is C11H10ClN3. The number of aromatic nitrogens is 2. The Kier molecular flexibility index (Phi) is 3.90. The topological polar surface area (TPSA) is 52.5 Å². The Morgan fingerprint density at radius 1 is 1.33 bits per heavy atom. The van der Waals surface area contributed by atoms with Crippen molar-refractivity contribution in [1.82, 2.24) is 10.2 Å². The van der Waals surface area contributed by atoms with Gasteiger partial charge in [0.05, 0.1) is 17.8 Å². The molecule has 2 aromatic rings. The Hall–Kier alpha value is -1.79. The smallest absolute Gasteiger partial charge is 0.0991 e. The van der Waals surface area contributed by atoms with E-state index in [0.717, 1.165) is 17.5 Å². The summed E-state index contributed by atoms with van der Waals surface area (Å²) >= 11 is 0. The van der Waals surface area contributed by atoms with Crippen LogP contribution >= 0.6 is 12.4 Å². The van der Waals surface area contributed by atoms with Gasteiger partial charge >= 0.3 is 0 Å². The second kappa shape index (κ2) is 5.18. The zero-order chi connectivity index (χ0) is 9.80. The van der Waals surface area contributed by atoms with E-state index < -0.39 is 0 Å². The summed E-state index contributed by atoms with van der Waals surface area (Å²) in [5.41, 5.74) is 2.96. The molecule has 1 heterocycles. The summed E-state index contributed by atoms with van der Waals surface area (Å²) in [7, 11) is 0. The average molecular weight is 220 g/mol. The number of hydrogen-bond acceptors (Lipinski definition) is 2. The minimum Gasteiger partial charge on any atom is -0.285 e. The molecule has 0 atom stereocenters. The number of nitrogens with zero attached hydrogens (tertiary/aromatic N) is 2. The van der Waals surface area contributed by atoms with Gasteiger partial charge in [0, 0.05) is 12.6 Å². The summed E-state index contributed by atoms with van der Waals surface area (Å²) in [4.78, 5) is 0. The van der Waals surface area contributed by atoms with Gasteiger partial charge in [-0.25, -0.2) is 0 Å². The summed E-state index contributed by atoms with van der Waals surface area (Å²) in [6, 6.07) is 9.73. The van der Waals surface area contributed by atoms with Crippen molar-refractivity contribution in [1.29, 1.82) is 5.26 Å². The van der Waals surface area contributed by atoms with Gasteiger partial charge in [-0.2, -0.15) is 10.4 Å². The molecule has 2 rings (SSSR count). The van der Waals surface area contributed by atoms with Gasteiger partial charge in [-0.05, 0) is 23.3 Å². The quantitative estimate of drug-likeness (QED) is 0.843. The number of nitriles is 1. The predicted octanol–water partition coefficient (Wildman–Crippen LogP) is 2.29. The molecule has 0 unspecified atom stereocenters. The molecule has 0 amide bonds. The monoisotopic (exact) mass is 219 g/mol. The third kappa shape index (κ3) is 2.83. The first-order chi connectivity index (χ1) is 6.88. The summed E-state index contributed by atoms with van der Waals surface area (Å²) < 4.78 is 0. The van der Waals surface area contributed by atoms with Gasteiger partial charge in [-0.1, -0.05) is 12.1 Å². The molecule has 1 aromatic carbocycles. The molecule has 4 heteroatoms. The lowest BCUT2D eigenvalue weighted by Crippen LogP contribution is -1.86. The first-order valence-electron chi connectivity index (χ1n) is 4.35. The van der Waals surface area contributed by atoms with Gasteiger partial charge in [0.15, 0.2) is 0 Å². The van der Waals surface area contributed by atoms with Crippen LogP contribution in [0.5, 0.6) is 0 Å². The highest BCUT2D eigenvalue weighted by molar-refractivity contribution is 5.85. The van der Waals surface area contributed by atoms with Crippen LogP contribution in [0.1, 0.15) is 16.7 Å². The van der Waals surface area contributed by atoms with Gasteiger partial charge in [-0.3, -0.25) is 5.10 Å². The van der Waals surface area contributed by atoms with E-state index in [1.807, 2.05) is 24.4 Å². The number of hydrogen-bond donors (Lipinski definition) is 1. The Morgan fingerprint density at radius 3 is 2.87 bits per heavy atom. The van der Waals surface area contributed by atoms with Crippen LogP contribution in [-0.4, -0.2) is 10.2 Å². The van der Waals surface area contributed by atoms with E-state index in [0.29, 0.717) is 5.56 Å². The van der Waals surface area contributed by atoms with Crippen molar-refractivity contribution in [3.05, 3.63) is 53.3 Å². The molecular weight excluding hydrogens is 210 g/mol. The van der Waals surface area contributed by atoms with Crippen LogP contribution in [0, 0.1) is 11.3 Å². The maximum Gasteiger partial charge on any atom is 0.0991 e. The molecule has 1 aromatic heterocycles. The van der Waals surface area contributed by atoms with E-state index in [4.69, 9.17) is 5.26 Å². The first kappa shape index (κ1) is 11.3. The van der Waals surface area contributed by atoms with E-state index in [1.54, 1.807) is 12.3 Å². The third-order valence-electron chi connectivity index (χ3n) is 2.02. The maximum absolute atomic E-state index is 8.72. The minimum absolute atomic E-state index is 0. The van der Waals surface area contributed by atoms with Crippen LogP contribution < -0.4 is 0 Å². The van der Waals surface area contributed by atoms with Gasteiger partial charge in [0.1, 0.15) is 0 Å². The molecule has 0 spiro atoms. The first-order valence-corrected chi connectivity index (χ1v) is 4.35. The number of H-pyrrole nitrogens is 1. The SMILES string of the molecule is Cl.N#Cc1cccc(Cc2cn[nH]c2)c1. The highest BCUT2D eigenvalue weighted by Crippen LogP contribution is 2.09. The minimum atomic E-state index is 0. The second-order valence-corrected chi connectivity index (χ2v) is 3.10. The van der Waals surface area contributed by atoms with E-state index in [1.165, 1.54) is 0 Å². The number of halogens is 1. The van der Waals surface area contributed by atoms with Gasteiger partial charge in [0.2, 0.25) is 0 Å². The summed E-state index contributed by atoms with van der Waals surface area (Å²) in [6.07, 6.45) is 4.46.